The van der Waals surface area contributed by atoms with E-state index in [1.807, 2.05) is 13.8 Å². The zero-order valence-electron chi connectivity index (χ0n) is 11.8. The van der Waals surface area contributed by atoms with Crippen LogP contribution in [0.15, 0.2) is 18.2 Å². The average Bonchev–Trinajstić information content (AvgIpc) is 2.42. The van der Waals surface area contributed by atoms with Crippen molar-refractivity contribution in [3.05, 3.63) is 29.3 Å². The Morgan fingerprint density at radius 1 is 1.25 bits per heavy atom. The van der Waals surface area contributed by atoms with Crippen molar-refractivity contribution in [3.63, 3.8) is 0 Å². The number of hydrogen-bond donors (Lipinski definition) is 1. The van der Waals surface area contributed by atoms with E-state index in [0.717, 1.165) is 6.07 Å². The lowest BCUT2D eigenvalue weighted by Crippen LogP contribution is -2.29. The molecule has 0 aliphatic heterocycles. The average molecular weight is 290 g/mol. The second-order valence-corrected chi connectivity index (χ2v) is 4.33. The van der Waals surface area contributed by atoms with Crippen molar-refractivity contribution in [1.82, 2.24) is 0 Å². The summed E-state index contributed by atoms with van der Waals surface area (Å²) < 4.78 is 44.7. The zero-order chi connectivity index (χ0) is 15.2. The van der Waals surface area contributed by atoms with Crippen LogP contribution in [0.5, 0.6) is 0 Å². The largest absolute Gasteiger partial charge is 0.418 e. The highest BCUT2D eigenvalue weighted by Crippen LogP contribution is 2.37. The molecule has 0 saturated carbocycles. The van der Waals surface area contributed by atoms with Crippen molar-refractivity contribution < 1.29 is 17.9 Å². The molecule has 0 aliphatic rings. The highest BCUT2D eigenvalue weighted by Gasteiger charge is 2.34. The third-order valence-electron chi connectivity index (χ3n) is 3.03. The monoisotopic (exact) mass is 290 g/mol. The number of hydrogen-bond acceptors (Lipinski definition) is 3. The van der Waals surface area contributed by atoms with Crippen LogP contribution in [-0.4, -0.2) is 26.3 Å². The van der Waals surface area contributed by atoms with Crippen LogP contribution in [0.2, 0.25) is 0 Å². The SMILES string of the molecule is CCOCCN(CC)c1ccc(CN)cc1C(F)(F)F. The first-order valence-electron chi connectivity index (χ1n) is 6.66. The van der Waals surface area contributed by atoms with E-state index in [9.17, 15) is 13.2 Å². The van der Waals surface area contributed by atoms with E-state index < -0.39 is 11.7 Å². The summed E-state index contributed by atoms with van der Waals surface area (Å²) >= 11 is 0. The molecule has 0 bridgehead atoms. The van der Waals surface area contributed by atoms with Crippen LogP contribution in [-0.2, 0) is 17.5 Å². The summed E-state index contributed by atoms with van der Waals surface area (Å²) in [6.07, 6.45) is -4.39. The predicted octanol–water partition coefficient (Wildman–Crippen LogP) is 3.03. The van der Waals surface area contributed by atoms with E-state index in [2.05, 4.69) is 0 Å². The van der Waals surface area contributed by atoms with Crippen molar-refractivity contribution in [2.75, 3.05) is 31.2 Å². The summed E-state index contributed by atoms with van der Waals surface area (Å²) in [4.78, 5) is 1.67. The molecule has 0 amide bonds. The Bertz CT molecular complexity index is 421. The molecule has 0 fully saturated rings. The van der Waals surface area contributed by atoms with Gasteiger partial charge in [0.15, 0.2) is 0 Å². The third kappa shape index (κ3) is 4.38. The van der Waals surface area contributed by atoms with Gasteiger partial charge in [0, 0.05) is 31.9 Å². The quantitative estimate of drug-likeness (QED) is 0.784. The van der Waals surface area contributed by atoms with Gasteiger partial charge in [0.05, 0.1) is 12.2 Å². The van der Waals surface area contributed by atoms with Crippen LogP contribution in [0.4, 0.5) is 18.9 Å². The van der Waals surface area contributed by atoms with Crippen LogP contribution in [0.3, 0.4) is 0 Å². The number of likely N-dealkylation sites (N-methyl/N-ethyl adjacent to an activating group) is 1. The van der Waals surface area contributed by atoms with Crippen LogP contribution in [0.25, 0.3) is 0 Å². The number of ether oxygens (including phenoxy) is 1. The van der Waals surface area contributed by atoms with Gasteiger partial charge < -0.3 is 15.4 Å². The fourth-order valence-corrected chi connectivity index (χ4v) is 1.98. The van der Waals surface area contributed by atoms with Crippen molar-refractivity contribution in [3.8, 4) is 0 Å². The van der Waals surface area contributed by atoms with E-state index >= 15 is 0 Å². The molecular formula is C14H21F3N2O. The maximum atomic E-state index is 13.2. The highest BCUT2D eigenvalue weighted by atomic mass is 19.4. The van der Waals surface area contributed by atoms with Gasteiger partial charge in [-0.15, -0.1) is 0 Å². The van der Waals surface area contributed by atoms with Crippen molar-refractivity contribution >= 4 is 5.69 Å². The highest BCUT2D eigenvalue weighted by molar-refractivity contribution is 5.56. The lowest BCUT2D eigenvalue weighted by Gasteiger charge is -2.26. The lowest BCUT2D eigenvalue weighted by atomic mass is 10.1. The fourth-order valence-electron chi connectivity index (χ4n) is 1.98. The first-order valence-corrected chi connectivity index (χ1v) is 6.66. The smallest absolute Gasteiger partial charge is 0.380 e. The van der Waals surface area contributed by atoms with E-state index in [4.69, 9.17) is 10.5 Å². The Labute approximate surface area is 117 Å². The summed E-state index contributed by atoms with van der Waals surface area (Å²) in [7, 11) is 0. The van der Waals surface area contributed by atoms with E-state index in [0.29, 0.717) is 31.9 Å². The fraction of sp³-hybridized carbons (Fsp3) is 0.571. The Hall–Kier alpha value is -1.27. The molecule has 0 aliphatic carbocycles. The molecule has 0 unspecified atom stereocenters. The standard InChI is InChI=1S/C14H21F3N2O/c1-3-19(7-8-20-4-2)13-6-5-11(10-18)9-12(13)14(15,16)17/h5-6,9H,3-4,7-8,10,18H2,1-2H3. The van der Waals surface area contributed by atoms with Crippen molar-refractivity contribution in [1.29, 1.82) is 0 Å². The molecular weight excluding hydrogens is 269 g/mol. The second kappa shape index (κ2) is 7.50. The van der Waals surface area contributed by atoms with Gasteiger partial charge >= 0.3 is 6.18 Å². The molecule has 2 N–H and O–H groups in total. The number of rotatable bonds is 7. The zero-order valence-corrected chi connectivity index (χ0v) is 11.8. The third-order valence-corrected chi connectivity index (χ3v) is 3.03. The molecule has 0 heterocycles. The molecule has 6 heteroatoms. The summed E-state index contributed by atoms with van der Waals surface area (Å²) in [5, 5.41) is 0. The topological polar surface area (TPSA) is 38.5 Å². The van der Waals surface area contributed by atoms with Gasteiger partial charge in [0.25, 0.3) is 0 Å². The molecule has 1 rings (SSSR count). The van der Waals surface area contributed by atoms with Gasteiger partial charge in [-0.05, 0) is 31.5 Å². The van der Waals surface area contributed by atoms with Gasteiger partial charge in [-0.2, -0.15) is 13.2 Å². The maximum absolute atomic E-state index is 13.2. The maximum Gasteiger partial charge on any atom is 0.418 e. The van der Waals surface area contributed by atoms with Gasteiger partial charge in [-0.1, -0.05) is 6.07 Å². The number of halogens is 3. The molecule has 1 aromatic rings. The molecule has 0 spiro atoms. The van der Waals surface area contributed by atoms with Gasteiger partial charge in [0.1, 0.15) is 0 Å². The van der Waals surface area contributed by atoms with Crippen LogP contribution >= 0.6 is 0 Å². The molecule has 0 aromatic heterocycles. The van der Waals surface area contributed by atoms with Gasteiger partial charge in [0.2, 0.25) is 0 Å². The van der Waals surface area contributed by atoms with E-state index in [1.165, 1.54) is 6.07 Å². The number of anilines is 1. The summed E-state index contributed by atoms with van der Waals surface area (Å²) in [5.41, 5.74) is 5.43. The molecule has 20 heavy (non-hydrogen) atoms. The van der Waals surface area contributed by atoms with Gasteiger partial charge in [-0.3, -0.25) is 0 Å². The molecule has 114 valence electrons. The second-order valence-electron chi connectivity index (χ2n) is 4.33. The molecule has 1 aromatic carbocycles. The molecule has 0 saturated heterocycles. The minimum atomic E-state index is -4.39. The normalized spacial score (nSPS) is 11.7. The molecule has 0 atom stereocenters. The summed E-state index contributed by atoms with van der Waals surface area (Å²) in [6.45, 7) is 5.63. The molecule has 0 radical (unpaired) electrons. The number of nitrogens with zero attached hydrogens (tertiary/aromatic N) is 1. The summed E-state index contributed by atoms with van der Waals surface area (Å²) in [6, 6.07) is 4.24. The lowest BCUT2D eigenvalue weighted by molar-refractivity contribution is -0.137. The number of benzene rings is 1. The van der Waals surface area contributed by atoms with E-state index in [1.54, 1.807) is 11.0 Å². The Balaban J connectivity index is 3.07. The number of nitrogens with two attached hydrogens (primary N) is 1. The summed E-state index contributed by atoms with van der Waals surface area (Å²) in [5.74, 6) is 0. The Morgan fingerprint density at radius 3 is 2.45 bits per heavy atom. The Kier molecular flexibility index (Phi) is 6.29. The van der Waals surface area contributed by atoms with Crippen LogP contribution in [0.1, 0.15) is 25.0 Å². The minimum Gasteiger partial charge on any atom is -0.380 e. The minimum absolute atomic E-state index is 0.0917. The van der Waals surface area contributed by atoms with Crippen molar-refractivity contribution in [2.45, 2.75) is 26.6 Å². The van der Waals surface area contributed by atoms with Crippen molar-refractivity contribution in [2.24, 2.45) is 5.73 Å². The predicted molar refractivity (Wildman–Crippen MR) is 73.7 cm³/mol. The Morgan fingerprint density at radius 2 is 1.95 bits per heavy atom. The number of alkyl halides is 3. The first kappa shape index (κ1) is 16.8. The van der Waals surface area contributed by atoms with Crippen LogP contribution < -0.4 is 10.6 Å². The van der Waals surface area contributed by atoms with Crippen LogP contribution in [0, 0.1) is 0 Å². The molecule has 3 nitrogen and oxygen atoms in total. The van der Waals surface area contributed by atoms with Gasteiger partial charge in [-0.25, -0.2) is 0 Å². The first-order chi connectivity index (χ1) is 9.43. The van der Waals surface area contributed by atoms with E-state index in [-0.39, 0.29) is 12.2 Å².